The number of rotatable bonds is 5. The number of allylic oxidation sites excluding steroid dienone is 1. The highest BCUT2D eigenvalue weighted by Crippen LogP contribution is 2.53. The number of hydrazone groups is 1. The van der Waals surface area contributed by atoms with Crippen LogP contribution in [0.2, 0.25) is 15.1 Å². The van der Waals surface area contributed by atoms with E-state index in [1.54, 1.807) is 44.3 Å². The van der Waals surface area contributed by atoms with Crippen molar-refractivity contribution in [1.82, 2.24) is 9.73 Å². The second-order valence-corrected chi connectivity index (χ2v) is 47.9. The molecule has 0 aromatic heterocycles. The Hall–Kier alpha value is -7.67. The molecule has 24 nitrogen and oxygen atoms in total. The molecule has 4 amide bonds. The Morgan fingerprint density at radius 3 is 1.25 bits per heavy atom. The summed E-state index contributed by atoms with van der Waals surface area (Å²) in [6.45, 7) is 14.7. The first kappa shape index (κ1) is 96.0. The lowest BCUT2D eigenvalue weighted by Gasteiger charge is -2.46. The number of hydrogen-bond acceptors (Lipinski definition) is 18. The van der Waals surface area contributed by atoms with E-state index in [9.17, 15) is 31.8 Å². The summed E-state index contributed by atoms with van der Waals surface area (Å²) in [5.41, 5.74) is 11.5. The molecular formula is C102H132Cl3N11O13S3. The van der Waals surface area contributed by atoms with Crippen molar-refractivity contribution in [2.24, 2.45) is 87.6 Å². The van der Waals surface area contributed by atoms with Gasteiger partial charge in [-0.2, -0.15) is 5.10 Å². The first-order valence-electron chi connectivity index (χ1n) is 48.0. The van der Waals surface area contributed by atoms with E-state index in [-0.39, 0.29) is 69.6 Å². The Balaban J connectivity index is 0.000000139. The number of anilines is 3. The van der Waals surface area contributed by atoms with Crippen LogP contribution in [0.3, 0.4) is 0 Å². The van der Waals surface area contributed by atoms with Crippen LogP contribution in [0.4, 0.5) is 17.1 Å². The minimum atomic E-state index is -3.46. The van der Waals surface area contributed by atoms with E-state index in [2.05, 4.69) is 86.2 Å². The van der Waals surface area contributed by atoms with Gasteiger partial charge in [-0.25, -0.2) is 22.9 Å². The van der Waals surface area contributed by atoms with Crippen LogP contribution >= 0.6 is 34.8 Å². The number of nitrogens with zero attached hydrogens (tertiary/aromatic N) is 8. The van der Waals surface area contributed by atoms with Gasteiger partial charge in [-0.15, -0.1) is 13.1 Å². The van der Waals surface area contributed by atoms with Gasteiger partial charge in [0.15, 0.2) is 0 Å². The van der Waals surface area contributed by atoms with Crippen molar-refractivity contribution >= 4 is 111 Å². The average molecular weight is 1920 g/mol. The van der Waals surface area contributed by atoms with E-state index in [1.807, 2.05) is 89.6 Å². The van der Waals surface area contributed by atoms with Gasteiger partial charge >= 0.3 is 0 Å². The number of carbonyl (C=O) groups is 4. The van der Waals surface area contributed by atoms with Gasteiger partial charge in [0.2, 0.25) is 5.91 Å². The molecule has 3 spiro atoms. The maximum atomic E-state index is 14.6. The van der Waals surface area contributed by atoms with Gasteiger partial charge in [-0.05, 0) is 313 Å². The van der Waals surface area contributed by atoms with Gasteiger partial charge in [-0.3, -0.25) is 28.9 Å². The van der Waals surface area contributed by atoms with Crippen molar-refractivity contribution in [3.8, 4) is 17.2 Å². The predicted molar refractivity (Wildman–Crippen MR) is 526 cm³/mol. The van der Waals surface area contributed by atoms with Gasteiger partial charge in [0.1, 0.15) is 47.0 Å². The molecule has 13 aliphatic rings. The predicted octanol–water partition coefficient (Wildman–Crippen LogP) is 18.3. The minimum Gasteiger partial charge on any atom is -0.490 e. The standard InChI is InChI=1S/C38H50ClN5O5S.C32H42ClN3O4S.C32H40ClN3O4S/c1-24-7-5-9-34(48-4)30-13-10-28(30)19-44-22-38(16-6-8-26-17-29(39)12-14-32(26)38)23-49-35-15-11-27(18-33(35)44)36(45)41-50(47,21-24)42-37(46)31-20-43(3)40-25(31)2;2*1-21-5-3-7-29(39-2)26-11-8-24(26)17-36-19-32(14-4-6-22-15-25(33)10-12-27(22)32)20-40-30-13-9-23(16-28(30)36)31(37)35-41(34,38)18-21/h11-12,14-15,17-18,24,28,30-31,34H,5-10,13,16,19-23H2,1-4H3,(H,41,42,45,46,47);9-10,12-13,15-16,21,24,26,29H,3-8,11,14,17-20H2,1-2H3,(H2,34,35,37,38);3,7,9-10,12-13,15-16,21,24,26,29H,4-6,8,11,14,17-20H2,1-2H3,(H2,34,35,37,38)/b;;7-3+/t24-,28-,30+,31?,34-,38-,50?;2*21-,24-,26+,29-,32-,41?/m000/s1. The highest BCUT2D eigenvalue weighted by molar-refractivity contribution is 7.92. The molecule has 5 N–H and O–H groups in total. The molecule has 4 unspecified atom stereocenters. The number of aryl methyl sites for hydroxylation is 3. The molecule has 6 aromatic rings. The molecule has 6 aromatic carbocycles. The molecule has 6 bridgehead atoms. The Labute approximate surface area is 796 Å². The number of fused-ring (bicyclic) bond motifs is 12. The molecular weight excluding hydrogens is 1790 g/mol. The monoisotopic (exact) mass is 1920 g/mol. The quantitative estimate of drug-likeness (QED) is 0.135. The second kappa shape index (κ2) is 40.2. The first-order valence-corrected chi connectivity index (χ1v) is 54.3. The number of hydrogen-bond donors (Lipinski definition) is 3. The summed E-state index contributed by atoms with van der Waals surface area (Å²) in [5.74, 6) is 2.81. The van der Waals surface area contributed by atoms with Crippen molar-refractivity contribution < 1.29 is 60.2 Å². The molecule has 7 aliphatic heterocycles. The van der Waals surface area contributed by atoms with Crippen molar-refractivity contribution in [2.75, 3.05) is 126 Å². The number of nitrogens with one attached hydrogen (secondary N) is 1. The Bertz CT molecular complexity index is 5830. The summed E-state index contributed by atoms with van der Waals surface area (Å²) in [7, 11) is -2.55. The zero-order valence-electron chi connectivity index (χ0n) is 77.7. The number of amides is 4. The Kier molecular flexibility index (Phi) is 29.2. The van der Waals surface area contributed by atoms with E-state index in [4.69, 9.17) is 73.5 Å². The lowest BCUT2D eigenvalue weighted by Crippen LogP contribution is -2.49. The van der Waals surface area contributed by atoms with Crippen molar-refractivity contribution in [2.45, 2.75) is 204 Å². The topological polar surface area (TPSA) is 301 Å². The van der Waals surface area contributed by atoms with Crippen LogP contribution in [0.1, 0.15) is 214 Å². The summed E-state index contributed by atoms with van der Waals surface area (Å²) in [5, 5.41) is 20.5. The van der Waals surface area contributed by atoms with Crippen molar-refractivity contribution in [3.05, 3.63) is 186 Å². The minimum absolute atomic E-state index is 0.0166. The molecule has 132 heavy (non-hydrogen) atoms. The fourth-order valence-electron chi connectivity index (χ4n) is 24.1. The van der Waals surface area contributed by atoms with Crippen LogP contribution in [-0.4, -0.2) is 177 Å². The third-order valence-electron chi connectivity index (χ3n) is 31.3. The highest BCUT2D eigenvalue weighted by Gasteiger charge is 2.50. The van der Waals surface area contributed by atoms with E-state index in [1.165, 1.54) is 33.4 Å². The number of halogens is 3. The molecule has 7 heterocycles. The van der Waals surface area contributed by atoms with Gasteiger partial charge in [-0.1, -0.05) is 98.8 Å². The van der Waals surface area contributed by atoms with Crippen LogP contribution < -0.4 is 43.9 Å². The largest absolute Gasteiger partial charge is 0.490 e. The molecule has 712 valence electrons. The third kappa shape index (κ3) is 21.1. The summed E-state index contributed by atoms with van der Waals surface area (Å²) in [4.78, 5) is 61.4. The second-order valence-electron chi connectivity index (χ2n) is 40.8. The molecule has 3 fully saturated rings. The molecule has 19 rings (SSSR count). The highest BCUT2D eigenvalue weighted by atomic mass is 35.5. The summed E-state index contributed by atoms with van der Waals surface area (Å²) in [6.07, 6.45) is 26.7. The summed E-state index contributed by atoms with van der Waals surface area (Å²) < 4.78 is 94.0. The third-order valence-corrected chi connectivity index (χ3v) is 37.0. The molecule has 6 aliphatic carbocycles. The number of ether oxygens (including phenoxy) is 6. The van der Waals surface area contributed by atoms with Crippen LogP contribution in [0.25, 0.3) is 0 Å². The van der Waals surface area contributed by atoms with E-state index in [0.717, 1.165) is 223 Å². The van der Waals surface area contributed by atoms with Gasteiger partial charge in [0.25, 0.3) is 17.7 Å². The summed E-state index contributed by atoms with van der Waals surface area (Å²) in [6, 6.07) is 35.1. The smallest absolute Gasteiger partial charge is 0.286 e. The SMILES string of the molecule is CO[C@H]1/C=C/C[C@H](C)CS(N)(=O)=NC(=O)c2ccc3c(c2)N(C[C@@H]2CC[C@H]21)C[C@@]1(CCCc2cc(Cl)ccc21)CO3.CO[C@H]1CCC[C@H](C)CS(=O)(NC(=O)C2CN(C)N=C2C)=NC(=O)c2ccc3c(c2)N(C[C@@H]2CC[C@H]21)C[C@@]1(CCCc2cc(Cl)ccc21)CO3.CO[C@H]1CCC[C@H](C)CS(N)(=O)=NC(=O)c2ccc3c(c2)N(C[C@@H]2CC[C@H]21)C[C@@]1(CCCc2cc(Cl)ccc21)CO3. The molecule has 19 atom stereocenters. The van der Waals surface area contributed by atoms with Gasteiger partial charge < -0.3 is 43.1 Å². The Morgan fingerprint density at radius 1 is 0.477 bits per heavy atom. The zero-order valence-corrected chi connectivity index (χ0v) is 82.4. The molecule has 3 saturated carbocycles. The van der Waals surface area contributed by atoms with Crippen LogP contribution in [0.15, 0.2) is 140 Å². The maximum Gasteiger partial charge on any atom is 0.286 e. The number of benzene rings is 6. The molecule has 0 radical (unpaired) electrons. The van der Waals surface area contributed by atoms with Gasteiger partial charge in [0.05, 0.1) is 73.4 Å². The normalized spacial score (nSPS) is 33.7. The number of methoxy groups -OCH3 is 3. The first-order chi connectivity index (χ1) is 63.3. The van der Waals surface area contributed by atoms with Crippen molar-refractivity contribution in [1.29, 1.82) is 0 Å². The lowest BCUT2D eigenvalue weighted by molar-refractivity contribution is -0.121. The fourth-order valence-corrected chi connectivity index (χ4v) is 29.5. The number of nitrogens with two attached hydrogens (primary N) is 2. The van der Waals surface area contributed by atoms with Crippen LogP contribution in [-0.2, 0) is 84.3 Å². The van der Waals surface area contributed by atoms with Crippen molar-refractivity contribution in [3.63, 3.8) is 0 Å². The van der Waals surface area contributed by atoms with E-state index < -0.39 is 59.3 Å². The average Bonchev–Trinajstić information content (AvgIpc) is 1.52. The van der Waals surface area contributed by atoms with E-state index >= 15 is 0 Å². The Morgan fingerprint density at radius 2 is 0.871 bits per heavy atom. The van der Waals surface area contributed by atoms with Gasteiger partial charge in [0, 0.05) is 133 Å². The van der Waals surface area contributed by atoms with E-state index in [0.29, 0.717) is 90.7 Å². The maximum absolute atomic E-state index is 14.6. The fraction of sp³-hybridized carbons (Fsp3) is 0.578. The number of carbonyl (C=O) groups excluding carboxylic acids is 4. The lowest BCUT2D eigenvalue weighted by atomic mass is 9.68. The molecule has 30 heteroatoms. The summed E-state index contributed by atoms with van der Waals surface area (Å²) >= 11 is 19.3. The van der Waals surface area contributed by atoms with Crippen LogP contribution in [0.5, 0.6) is 17.2 Å². The zero-order chi connectivity index (χ0) is 92.8. The van der Waals surface area contributed by atoms with Crippen LogP contribution in [0, 0.1) is 59.2 Å². The molecule has 0 saturated heterocycles.